The van der Waals surface area contributed by atoms with Crippen molar-refractivity contribution in [1.82, 2.24) is 0 Å². The molecule has 0 saturated heterocycles. The molecule has 0 fully saturated rings. The first-order valence-electron chi connectivity index (χ1n) is 5.63. The normalized spacial score (nSPS) is 12.6. The molecule has 0 amide bonds. The molecule has 0 heterocycles. The number of aryl methyl sites for hydroxylation is 1. The number of ether oxygens (including phenoxy) is 1. The standard InChI is InChI=1S/C13H18ClNO2/c1-8(2)6-11(15)13(16)17-12-7-9(3)4-5-10(12)14/h4-5,7-8,11H,6,15H2,1-3H3. The number of esters is 1. The minimum atomic E-state index is -0.605. The average Bonchev–Trinajstić information content (AvgIpc) is 2.22. The molecule has 1 unspecified atom stereocenters. The number of carbonyl (C=O) groups excluding carboxylic acids is 1. The van der Waals surface area contributed by atoms with Crippen molar-refractivity contribution in [3.8, 4) is 5.75 Å². The molecule has 1 aromatic carbocycles. The monoisotopic (exact) mass is 255 g/mol. The summed E-state index contributed by atoms with van der Waals surface area (Å²) in [7, 11) is 0. The van der Waals surface area contributed by atoms with Crippen molar-refractivity contribution in [3.63, 3.8) is 0 Å². The molecule has 0 aliphatic carbocycles. The third-order valence-electron chi connectivity index (χ3n) is 2.33. The van der Waals surface area contributed by atoms with Gasteiger partial charge in [0.15, 0.2) is 0 Å². The summed E-state index contributed by atoms with van der Waals surface area (Å²) in [6.07, 6.45) is 0.599. The summed E-state index contributed by atoms with van der Waals surface area (Å²) in [5.41, 5.74) is 6.72. The molecule has 1 atom stereocenters. The van der Waals surface area contributed by atoms with E-state index in [4.69, 9.17) is 22.1 Å². The van der Waals surface area contributed by atoms with Crippen LogP contribution < -0.4 is 10.5 Å². The van der Waals surface area contributed by atoms with Gasteiger partial charge >= 0.3 is 5.97 Å². The molecule has 0 saturated carbocycles. The second kappa shape index (κ2) is 6.03. The second-order valence-electron chi connectivity index (χ2n) is 4.59. The first-order chi connectivity index (χ1) is 7.90. The Balaban J connectivity index is 2.70. The highest BCUT2D eigenvalue weighted by Crippen LogP contribution is 2.25. The first kappa shape index (κ1) is 14.0. The van der Waals surface area contributed by atoms with Gasteiger partial charge in [-0.15, -0.1) is 0 Å². The van der Waals surface area contributed by atoms with E-state index in [9.17, 15) is 4.79 Å². The van der Waals surface area contributed by atoms with Crippen molar-refractivity contribution in [2.75, 3.05) is 0 Å². The Labute approximate surface area is 107 Å². The molecular formula is C13H18ClNO2. The fraction of sp³-hybridized carbons (Fsp3) is 0.462. The van der Waals surface area contributed by atoms with E-state index in [2.05, 4.69) is 0 Å². The van der Waals surface area contributed by atoms with E-state index in [1.54, 1.807) is 12.1 Å². The van der Waals surface area contributed by atoms with Crippen molar-refractivity contribution in [2.24, 2.45) is 11.7 Å². The summed E-state index contributed by atoms with van der Waals surface area (Å²) < 4.78 is 5.19. The van der Waals surface area contributed by atoms with Gasteiger partial charge in [-0.3, -0.25) is 0 Å². The van der Waals surface area contributed by atoms with E-state index in [0.717, 1.165) is 5.56 Å². The van der Waals surface area contributed by atoms with Crippen LogP contribution in [0.2, 0.25) is 5.02 Å². The highest BCUT2D eigenvalue weighted by Gasteiger charge is 2.18. The van der Waals surface area contributed by atoms with E-state index >= 15 is 0 Å². The van der Waals surface area contributed by atoms with Crippen molar-refractivity contribution in [2.45, 2.75) is 33.2 Å². The minimum absolute atomic E-state index is 0.352. The zero-order valence-electron chi connectivity index (χ0n) is 10.4. The molecule has 0 aliphatic heterocycles. The van der Waals surface area contributed by atoms with Gasteiger partial charge in [0.05, 0.1) is 5.02 Å². The molecule has 0 aromatic heterocycles. The topological polar surface area (TPSA) is 52.3 Å². The van der Waals surface area contributed by atoms with Crippen LogP contribution in [0.15, 0.2) is 18.2 Å². The minimum Gasteiger partial charge on any atom is -0.424 e. The van der Waals surface area contributed by atoms with Crippen molar-refractivity contribution >= 4 is 17.6 Å². The third kappa shape index (κ3) is 4.36. The molecule has 0 spiro atoms. The second-order valence-corrected chi connectivity index (χ2v) is 5.00. The maximum absolute atomic E-state index is 11.7. The summed E-state index contributed by atoms with van der Waals surface area (Å²) in [5, 5.41) is 0.417. The average molecular weight is 256 g/mol. The Bertz CT molecular complexity index is 404. The molecule has 1 aromatic rings. The van der Waals surface area contributed by atoms with Crippen LogP contribution in [0.3, 0.4) is 0 Å². The Morgan fingerprint density at radius 1 is 1.47 bits per heavy atom. The summed E-state index contributed by atoms with van der Waals surface area (Å²) in [6.45, 7) is 5.92. The zero-order valence-corrected chi connectivity index (χ0v) is 11.1. The van der Waals surface area contributed by atoms with Crippen LogP contribution in [0.5, 0.6) is 5.75 Å². The van der Waals surface area contributed by atoms with Gasteiger partial charge in [0.2, 0.25) is 0 Å². The lowest BCUT2D eigenvalue weighted by Gasteiger charge is -2.14. The number of hydrogen-bond acceptors (Lipinski definition) is 3. The summed E-state index contributed by atoms with van der Waals surface area (Å²) >= 11 is 5.93. The summed E-state index contributed by atoms with van der Waals surface area (Å²) in [5.74, 6) is 0.285. The maximum atomic E-state index is 11.7. The molecular weight excluding hydrogens is 238 g/mol. The molecule has 94 valence electrons. The van der Waals surface area contributed by atoms with E-state index < -0.39 is 12.0 Å². The van der Waals surface area contributed by atoms with Gasteiger partial charge in [-0.05, 0) is 37.0 Å². The van der Waals surface area contributed by atoms with Crippen LogP contribution in [-0.4, -0.2) is 12.0 Å². The Morgan fingerprint density at radius 3 is 2.71 bits per heavy atom. The Kier molecular flexibility index (Phi) is 4.97. The third-order valence-corrected chi connectivity index (χ3v) is 2.64. The molecule has 17 heavy (non-hydrogen) atoms. The van der Waals surface area contributed by atoms with Gasteiger partial charge < -0.3 is 10.5 Å². The number of rotatable bonds is 4. The van der Waals surface area contributed by atoms with Crippen LogP contribution in [-0.2, 0) is 4.79 Å². The van der Waals surface area contributed by atoms with Crippen LogP contribution >= 0.6 is 11.6 Å². The van der Waals surface area contributed by atoms with Gasteiger partial charge in [0.25, 0.3) is 0 Å². The lowest BCUT2D eigenvalue weighted by Crippen LogP contribution is -2.35. The van der Waals surface area contributed by atoms with Crippen molar-refractivity contribution < 1.29 is 9.53 Å². The molecule has 4 heteroatoms. The highest BCUT2D eigenvalue weighted by atomic mass is 35.5. The smallest absolute Gasteiger partial charge is 0.328 e. The first-order valence-corrected chi connectivity index (χ1v) is 6.01. The van der Waals surface area contributed by atoms with E-state index in [0.29, 0.717) is 23.1 Å². The lowest BCUT2D eigenvalue weighted by molar-refractivity contribution is -0.136. The van der Waals surface area contributed by atoms with Crippen LogP contribution in [0.4, 0.5) is 0 Å². The number of hydrogen-bond donors (Lipinski definition) is 1. The number of benzene rings is 1. The predicted molar refractivity (Wildman–Crippen MR) is 69.3 cm³/mol. The van der Waals surface area contributed by atoms with E-state index in [1.165, 1.54) is 0 Å². The molecule has 0 radical (unpaired) electrons. The van der Waals surface area contributed by atoms with Crippen molar-refractivity contribution in [3.05, 3.63) is 28.8 Å². The molecule has 1 rings (SSSR count). The van der Waals surface area contributed by atoms with Crippen LogP contribution in [0, 0.1) is 12.8 Å². The summed E-state index contributed by atoms with van der Waals surface area (Å²) in [6, 6.07) is 4.68. The van der Waals surface area contributed by atoms with Gasteiger partial charge in [-0.1, -0.05) is 31.5 Å². The molecule has 3 nitrogen and oxygen atoms in total. The summed E-state index contributed by atoms with van der Waals surface area (Å²) in [4.78, 5) is 11.7. The van der Waals surface area contributed by atoms with Crippen LogP contribution in [0.1, 0.15) is 25.8 Å². The SMILES string of the molecule is Cc1ccc(Cl)c(OC(=O)C(N)CC(C)C)c1. The predicted octanol–water partition coefficient (Wildman–Crippen LogP) is 2.93. The molecule has 0 bridgehead atoms. The van der Waals surface area contributed by atoms with Gasteiger partial charge in [0, 0.05) is 0 Å². The Morgan fingerprint density at radius 2 is 2.12 bits per heavy atom. The quantitative estimate of drug-likeness (QED) is 0.665. The number of nitrogens with two attached hydrogens (primary N) is 1. The highest BCUT2D eigenvalue weighted by molar-refractivity contribution is 6.32. The number of halogens is 1. The molecule has 2 N–H and O–H groups in total. The fourth-order valence-electron chi connectivity index (χ4n) is 1.48. The van der Waals surface area contributed by atoms with Gasteiger partial charge in [-0.25, -0.2) is 4.79 Å². The Hall–Kier alpha value is -1.06. The van der Waals surface area contributed by atoms with E-state index in [-0.39, 0.29) is 0 Å². The van der Waals surface area contributed by atoms with E-state index in [1.807, 2.05) is 26.8 Å². The van der Waals surface area contributed by atoms with Gasteiger partial charge in [-0.2, -0.15) is 0 Å². The lowest BCUT2D eigenvalue weighted by atomic mass is 10.1. The zero-order chi connectivity index (χ0) is 13.0. The van der Waals surface area contributed by atoms with Crippen LogP contribution in [0.25, 0.3) is 0 Å². The van der Waals surface area contributed by atoms with Crippen molar-refractivity contribution in [1.29, 1.82) is 0 Å². The maximum Gasteiger partial charge on any atom is 0.328 e. The fourth-order valence-corrected chi connectivity index (χ4v) is 1.63. The van der Waals surface area contributed by atoms with Gasteiger partial charge in [0.1, 0.15) is 11.8 Å². The molecule has 0 aliphatic rings. The largest absolute Gasteiger partial charge is 0.424 e. The number of carbonyl (C=O) groups is 1.